The molecule has 0 radical (unpaired) electrons. The van der Waals surface area contributed by atoms with Crippen LogP contribution in [0.25, 0.3) is 5.82 Å². The maximum atomic E-state index is 12.1. The Labute approximate surface area is 123 Å². The van der Waals surface area contributed by atoms with Crippen molar-refractivity contribution in [3.05, 3.63) is 64.8 Å². The van der Waals surface area contributed by atoms with Crippen LogP contribution in [0, 0.1) is 10.1 Å². The molecule has 1 N–H and O–H groups in total. The summed E-state index contributed by atoms with van der Waals surface area (Å²) in [6.45, 7) is 0. The third kappa shape index (κ3) is 2.54. The van der Waals surface area contributed by atoms with Gasteiger partial charge in [-0.25, -0.2) is 9.67 Å². The van der Waals surface area contributed by atoms with E-state index in [0.29, 0.717) is 11.5 Å². The second kappa shape index (κ2) is 5.48. The third-order valence-corrected chi connectivity index (χ3v) is 2.75. The molecular weight excluding hydrogens is 290 g/mol. The van der Waals surface area contributed by atoms with Crippen molar-refractivity contribution in [3.63, 3.8) is 0 Å². The Kier molecular flexibility index (Phi) is 3.36. The van der Waals surface area contributed by atoms with Gasteiger partial charge in [0.25, 0.3) is 5.91 Å². The molecule has 1 amide bonds. The van der Waals surface area contributed by atoms with Crippen molar-refractivity contribution < 1.29 is 14.1 Å². The quantitative estimate of drug-likeness (QED) is 0.582. The summed E-state index contributed by atoms with van der Waals surface area (Å²) >= 11 is 0. The Hall–Kier alpha value is -3.49. The molecule has 9 nitrogen and oxygen atoms in total. The molecule has 0 atom stereocenters. The normalized spacial score (nSPS) is 10.4. The largest absolute Gasteiger partial charge is 0.433 e. The van der Waals surface area contributed by atoms with Gasteiger partial charge in [-0.15, -0.1) is 0 Å². The number of aromatic nitrogens is 3. The number of hydrogen-bond acceptors (Lipinski definition) is 6. The Bertz CT molecular complexity index is 825. The lowest BCUT2D eigenvalue weighted by Gasteiger charge is -2.08. The van der Waals surface area contributed by atoms with Gasteiger partial charge in [-0.1, -0.05) is 0 Å². The van der Waals surface area contributed by atoms with Crippen LogP contribution in [0.15, 0.2) is 53.3 Å². The molecule has 110 valence electrons. The van der Waals surface area contributed by atoms with Gasteiger partial charge < -0.3 is 9.73 Å². The topological polar surface area (TPSA) is 116 Å². The molecule has 0 aliphatic carbocycles. The Morgan fingerprint density at radius 1 is 1.27 bits per heavy atom. The average molecular weight is 299 g/mol. The van der Waals surface area contributed by atoms with Gasteiger partial charge in [-0.3, -0.25) is 14.9 Å². The number of pyridine rings is 1. The molecule has 0 saturated carbocycles. The molecule has 3 rings (SSSR count). The molecular formula is C13H9N5O4. The lowest BCUT2D eigenvalue weighted by molar-refractivity contribution is -0.402. The summed E-state index contributed by atoms with van der Waals surface area (Å²) in [6, 6.07) is 7.35. The number of carbonyl (C=O) groups is 1. The fraction of sp³-hybridized carbons (Fsp3) is 0. The third-order valence-electron chi connectivity index (χ3n) is 2.75. The SMILES string of the molecule is O=C(Nc1cccnc1-n1cccn1)c1ccc([N+](=O)[O-])o1. The van der Waals surface area contributed by atoms with Gasteiger partial charge in [0.15, 0.2) is 11.6 Å². The second-order valence-electron chi connectivity index (χ2n) is 4.17. The zero-order chi connectivity index (χ0) is 15.5. The highest BCUT2D eigenvalue weighted by Gasteiger charge is 2.18. The van der Waals surface area contributed by atoms with Crippen LogP contribution in [0.1, 0.15) is 10.6 Å². The van der Waals surface area contributed by atoms with Crippen molar-refractivity contribution >= 4 is 17.5 Å². The van der Waals surface area contributed by atoms with Crippen molar-refractivity contribution in [1.82, 2.24) is 14.8 Å². The monoisotopic (exact) mass is 299 g/mol. The zero-order valence-electron chi connectivity index (χ0n) is 11.0. The minimum absolute atomic E-state index is 0.165. The predicted octanol–water partition coefficient (Wildman–Crippen LogP) is 2.02. The van der Waals surface area contributed by atoms with Crippen LogP contribution in [0.3, 0.4) is 0 Å². The van der Waals surface area contributed by atoms with Gasteiger partial charge in [0, 0.05) is 18.6 Å². The highest BCUT2D eigenvalue weighted by molar-refractivity contribution is 6.03. The van der Waals surface area contributed by atoms with E-state index in [1.807, 2.05) is 0 Å². The maximum Gasteiger partial charge on any atom is 0.433 e. The Morgan fingerprint density at radius 2 is 2.14 bits per heavy atom. The molecule has 22 heavy (non-hydrogen) atoms. The van der Waals surface area contributed by atoms with Crippen LogP contribution in [-0.4, -0.2) is 25.6 Å². The first-order chi connectivity index (χ1) is 10.6. The van der Waals surface area contributed by atoms with E-state index in [0.717, 1.165) is 6.07 Å². The number of rotatable bonds is 4. The number of anilines is 1. The predicted molar refractivity (Wildman–Crippen MR) is 74.7 cm³/mol. The van der Waals surface area contributed by atoms with E-state index in [1.54, 1.807) is 36.8 Å². The minimum Gasteiger partial charge on any atom is -0.395 e. The number of amides is 1. The molecule has 0 unspecified atom stereocenters. The molecule has 9 heteroatoms. The fourth-order valence-electron chi connectivity index (χ4n) is 1.80. The van der Waals surface area contributed by atoms with E-state index in [4.69, 9.17) is 4.42 Å². The van der Waals surface area contributed by atoms with Gasteiger partial charge in [0.05, 0.1) is 11.8 Å². The van der Waals surface area contributed by atoms with Crippen LogP contribution in [0.4, 0.5) is 11.6 Å². The van der Waals surface area contributed by atoms with E-state index in [9.17, 15) is 14.9 Å². The van der Waals surface area contributed by atoms with Crippen molar-refractivity contribution in [1.29, 1.82) is 0 Å². The first-order valence-electron chi connectivity index (χ1n) is 6.16. The van der Waals surface area contributed by atoms with Crippen LogP contribution >= 0.6 is 0 Å². The van der Waals surface area contributed by atoms with E-state index >= 15 is 0 Å². The second-order valence-corrected chi connectivity index (χ2v) is 4.17. The Balaban J connectivity index is 1.87. The van der Waals surface area contributed by atoms with Gasteiger partial charge in [0.1, 0.15) is 4.92 Å². The molecule has 0 fully saturated rings. The number of nitro groups is 1. The van der Waals surface area contributed by atoms with Crippen LogP contribution < -0.4 is 5.32 Å². The zero-order valence-corrected chi connectivity index (χ0v) is 11.0. The fourth-order valence-corrected chi connectivity index (χ4v) is 1.80. The molecule has 0 aromatic carbocycles. The van der Waals surface area contributed by atoms with E-state index < -0.39 is 16.7 Å². The summed E-state index contributed by atoms with van der Waals surface area (Å²) in [5.74, 6) is -0.859. The number of furan rings is 1. The molecule has 3 aromatic rings. The molecule has 0 aliphatic heterocycles. The first-order valence-corrected chi connectivity index (χ1v) is 6.16. The molecule has 0 aliphatic rings. The molecule has 3 heterocycles. The summed E-state index contributed by atoms with van der Waals surface area (Å²) in [5, 5.41) is 17.2. The number of carbonyl (C=O) groups excluding carboxylic acids is 1. The summed E-state index contributed by atoms with van der Waals surface area (Å²) in [4.78, 5) is 26.1. The van der Waals surface area contributed by atoms with Crippen LogP contribution in [-0.2, 0) is 0 Å². The van der Waals surface area contributed by atoms with Crippen molar-refractivity contribution in [2.45, 2.75) is 0 Å². The highest BCUT2D eigenvalue weighted by Crippen LogP contribution is 2.20. The molecule has 0 saturated heterocycles. The summed E-state index contributed by atoms with van der Waals surface area (Å²) in [5.41, 5.74) is 0.398. The van der Waals surface area contributed by atoms with Crippen molar-refractivity contribution in [3.8, 4) is 5.82 Å². The van der Waals surface area contributed by atoms with Crippen molar-refractivity contribution in [2.24, 2.45) is 0 Å². The van der Waals surface area contributed by atoms with Gasteiger partial charge in [-0.2, -0.15) is 5.10 Å². The minimum atomic E-state index is -0.712. The van der Waals surface area contributed by atoms with Crippen molar-refractivity contribution in [2.75, 3.05) is 5.32 Å². The molecule has 3 aromatic heterocycles. The summed E-state index contributed by atoms with van der Waals surface area (Å²) in [7, 11) is 0. The van der Waals surface area contributed by atoms with Gasteiger partial charge in [-0.05, 0) is 24.3 Å². The average Bonchev–Trinajstić information content (AvgIpc) is 3.19. The Morgan fingerprint density at radius 3 is 2.82 bits per heavy atom. The smallest absolute Gasteiger partial charge is 0.395 e. The van der Waals surface area contributed by atoms with Crippen LogP contribution in [0.2, 0.25) is 0 Å². The summed E-state index contributed by atoms with van der Waals surface area (Å²) < 4.78 is 6.34. The van der Waals surface area contributed by atoms with Gasteiger partial charge >= 0.3 is 5.88 Å². The number of nitrogens with zero attached hydrogens (tertiary/aromatic N) is 4. The first kappa shape index (κ1) is 13.5. The summed E-state index contributed by atoms with van der Waals surface area (Å²) in [6.07, 6.45) is 4.82. The maximum absolute atomic E-state index is 12.1. The van der Waals surface area contributed by atoms with Crippen LogP contribution in [0.5, 0.6) is 0 Å². The molecule has 0 bridgehead atoms. The highest BCUT2D eigenvalue weighted by atomic mass is 16.6. The van der Waals surface area contributed by atoms with E-state index in [1.165, 1.54) is 10.7 Å². The van der Waals surface area contributed by atoms with Gasteiger partial charge in [0.2, 0.25) is 0 Å². The molecule has 0 spiro atoms. The van der Waals surface area contributed by atoms with E-state index in [-0.39, 0.29) is 5.76 Å². The van der Waals surface area contributed by atoms with E-state index in [2.05, 4.69) is 15.4 Å². The number of nitrogens with one attached hydrogen (secondary N) is 1. The number of hydrogen-bond donors (Lipinski definition) is 1. The lowest BCUT2D eigenvalue weighted by atomic mass is 10.3. The lowest BCUT2D eigenvalue weighted by Crippen LogP contribution is -2.14. The standard InChI is InChI=1S/C13H9N5O4/c19-13(10-4-5-11(22-10)18(20)21)16-9-3-1-6-14-12(9)17-8-2-7-15-17/h1-8H,(H,16,19).